The fourth-order valence-corrected chi connectivity index (χ4v) is 4.55. The van der Waals surface area contributed by atoms with Crippen molar-refractivity contribution < 1.29 is 18.7 Å². The van der Waals surface area contributed by atoms with Gasteiger partial charge in [-0.1, -0.05) is 18.2 Å². The lowest BCUT2D eigenvalue weighted by atomic mass is 10.1. The minimum Gasteiger partial charge on any atom is -0.493 e. The fraction of sp³-hybridized carbons (Fsp3) is 0.0800. The zero-order chi connectivity index (χ0) is 24.1. The number of benzene rings is 3. The first-order chi connectivity index (χ1) is 16.5. The van der Waals surface area contributed by atoms with Gasteiger partial charge >= 0.3 is 0 Å². The summed E-state index contributed by atoms with van der Waals surface area (Å²) in [4.78, 5) is 17.2. The molecule has 3 aromatic carbocycles. The van der Waals surface area contributed by atoms with Crippen molar-refractivity contribution in [3.8, 4) is 17.6 Å². The highest BCUT2D eigenvalue weighted by Crippen LogP contribution is 2.39. The molecule has 1 fully saturated rings. The molecule has 1 amide bonds. The van der Waals surface area contributed by atoms with E-state index in [1.165, 1.54) is 43.1 Å². The highest BCUT2D eigenvalue weighted by Gasteiger charge is 2.24. The van der Waals surface area contributed by atoms with Gasteiger partial charge in [-0.2, -0.15) is 5.26 Å². The molecule has 0 saturated carbocycles. The minimum atomic E-state index is -0.353. The molecule has 3 aromatic rings. The van der Waals surface area contributed by atoms with Crippen LogP contribution in [0.3, 0.4) is 0 Å². The standard InChI is InChI=1S/C25H17BrFN3O3S/c1-32-21-11-15(10-20(26)23(21)33-14-17-5-3-2-4-16(17)13-28)12-22-24(31)30-25(34-22)29-19-8-6-18(27)7-9-19/h2-12H,14H2,1H3,(H,29,30,31)/b22-12+. The number of amides is 1. The molecule has 0 aliphatic carbocycles. The van der Waals surface area contributed by atoms with Gasteiger partial charge in [-0.15, -0.1) is 0 Å². The molecule has 170 valence electrons. The van der Waals surface area contributed by atoms with Crippen LogP contribution in [-0.2, 0) is 11.4 Å². The van der Waals surface area contributed by atoms with E-state index in [1.54, 1.807) is 24.3 Å². The summed E-state index contributed by atoms with van der Waals surface area (Å²) in [6, 6.07) is 18.6. The number of rotatable bonds is 6. The number of nitrogens with one attached hydrogen (secondary N) is 1. The molecule has 9 heteroatoms. The van der Waals surface area contributed by atoms with Gasteiger partial charge in [0.05, 0.1) is 33.8 Å². The minimum absolute atomic E-state index is 0.195. The number of aliphatic imine (C=N–C) groups is 1. The Hall–Kier alpha value is -3.61. The molecule has 1 aliphatic rings. The Labute approximate surface area is 208 Å². The SMILES string of the molecule is COc1cc(/C=C2/SC(=Nc3ccc(F)cc3)NC2=O)cc(Br)c1OCc1ccccc1C#N. The van der Waals surface area contributed by atoms with Gasteiger partial charge in [0, 0.05) is 5.56 Å². The third-order valence-corrected chi connectivity index (χ3v) is 6.27. The molecule has 34 heavy (non-hydrogen) atoms. The predicted octanol–water partition coefficient (Wildman–Crippen LogP) is 5.94. The number of halogens is 2. The smallest absolute Gasteiger partial charge is 0.264 e. The van der Waals surface area contributed by atoms with Crippen molar-refractivity contribution in [3.05, 3.63) is 92.5 Å². The molecule has 4 rings (SSSR count). The molecule has 0 aromatic heterocycles. The third kappa shape index (κ3) is 5.47. The van der Waals surface area contributed by atoms with Crippen LogP contribution >= 0.6 is 27.7 Å². The Balaban J connectivity index is 1.54. The summed E-state index contributed by atoms with van der Waals surface area (Å²) in [6.45, 7) is 0.195. The number of carbonyl (C=O) groups excluding carboxylic acids is 1. The van der Waals surface area contributed by atoms with E-state index in [1.807, 2.05) is 18.2 Å². The van der Waals surface area contributed by atoms with Gasteiger partial charge in [0.15, 0.2) is 16.7 Å². The molecule has 0 atom stereocenters. The highest BCUT2D eigenvalue weighted by molar-refractivity contribution is 9.10. The molecular weight excluding hydrogens is 521 g/mol. The highest BCUT2D eigenvalue weighted by atomic mass is 79.9. The fourth-order valence-electron chi connectivity index (χ4n) is 3.13. The zero-order valence-corrected chi connectivity index (χ0v) is 20.2. The molecule has 1 N–H and O–H groups in total. The normalized spacial score (nSPS) is 15.3. The van der Waals surface area contributed by atoms with E-state index >= 15 is 0 Å². The van der Waals surface area contributed by atoms with Crippen molar-refractivity contribution in [2.75, 3.05) is 7.11 Å². The Morgan fingerprint density at radius 2 is 1.97 bits per heavy atom. The lowest BCUT2D eigenvalue weighted by molar-refractivity contribution is -0.115. The Morgan fingerprint density at radius 3 is 2.71 bits per heavy atom. The van der Waals surface area contributed by atoms with Gasteiger partial charge in [-0.25, -0.2) is 9.38 Å². The average molecular weight is 538 g/mol. The van der Waals surface area contributed by atoms with Gasteiger partial charge < -0.3 is 14.8 Å². The average Bonchev–Trinajstić information content (AvgIpc) is 3.18. The first kappa shape index (κ1) is 23.5. The lowest BCUT2D eigenvalue weighted by Crippen LogP contribution is -2.19. The maximum absolute atomic E-state index is 13.1. The molecule has 0 radical (unpaired) electrons. The summed E-state index contributed by atoms with van der Waals surface area (Å²) in [5.74, 6) is 0.321. The molecule has 0 unspecified atom stereocenters. The number of hydrogen-bond acceptors (Lipinski definition) is 6. The predicted molar refractivity (Wildman–Crippen MR) is 133 cm³/mol. The van der Waals surface area contributed by atoms with Gasteiger partial charge in [0.2, 0.25) is 0 Å². The van der Waals surface area contributed by atoms with Gasteiger partial charge in [-0.3, -0.25) is 4.79 Å². The van der Waals surface area contributed by atoms with Crippen LogP contribution < -0.4 is 14.8 Å². The molecule has 0 bridgehead atoms. The molecule has 1 saturated heterocycles. The van der Waals surface area contributed by atoms with Crippen LogP contribution in [-0.4, -0.2) is 18.2 Å². The van der Waals surface area contributed by atoms with Crippen molar-refractivity contribution in [1.29, 1.82) is 5.26 Å². The molecule has 1 heterocycles. The van der Waals surface area contributed by atoms with Crippen molar-refractivity contribution >= 4 is 50.5 Å². The summed E-state index contributed by atoms with van der Waals surface area (Å²) >= 11 is 4.70. The van der Waals surface area contributed by atoms with Crippen molar-refractivity contribution in [2.45, 2.75) is 6.61 Å². The number of hydrogen-bond donors (Lipinski definition) is 1. The lowest BCUT2D eigenvalue weighted by Gasteiger charge is -2.14. The number of amidine groups is 1. The summed E-state index contributed by atoms with van der Waals surface area (Å²) in [6.07, 6.45) is 1.72. The number of carbonyl (C=O) groups is 1. The summed E-state index contributed by atoms with van der Waals surface area (Å²) < 4.78 is 25.2. The second-order valence-electron chi connectivity index (χ2n) is 7.05. The van der Waals surface area contributed by atoms with Crippen LogP contribution in [0.15, 0.2) is 75.0 Å². The van der Waals surface area contributed by atoms with Crippen molar-refractivity contribution in [3.63, 3.8) is 0 Å². The maximum atomic E-state index is 13.1. The van der Waals surface area contributed by atoms with E-state index in [0.717, 1.165) is 5.56 Å². The summed E-state index contributed by atoms with van der Waals surface area (Å²) in [5, 5.41) is 12.4. The van der Waals surface area contributed by atoms with E-state index in [-0.39, 0.29) is 18.3 Å². The number of nitriles is 1. The van der Waals surface area contributed by atoms with Crippen molar-refractivity contribution in [1.82, 2.24) is 5.32 Å². The number of methoxy groups -OCH3 is 1. The van der Waals surface area contributed by atoms with Gasteiger partial charge in [0.25, 0.3) is 5.91 Å². The first-order valence-corrected chi connectivity index (χ1v) is 11.6. The van der Waals surface area contributed by atoms with E-state index in [4.69, 9.17) is 9.47 Å². The second kappa shape index (κ2) is 10.5. The van der Waals surface area contributed by atoms with Gasteiger partial charge in [0.1, 0.15) is 12.4 Å². The van der Waals surface area contributed by atoms with Crippen LogP contribution in [0.2, 0.25) is 0 Å². The summed E-state index contributed by atoms with van der Waals surface area (Å²) in [7, 11) is 1.53. The van der Waals surface area contributed by atoms with Crippen LogP contribution in [0.4, 0.5) is 10.1 Å². The second-order valence-corrected chi connectivity index (χ2v) is 8.93. The molecule has 1 aliphatic heterocycles. The number of nitrogens with zero attached hydrogens (tertiary/aromatic N) is 2. The number of ether oxygens (including phenoxy) is 2. The third-order valence-electron chi connectivity index (χ3n) is 4.77. The number of thioether (sulfide) groups is 1. The Bertz CT molecular complexity index is 1350. The first-order valence-electron chi connectivity index (χ1n) is 10.0. The quantitative estimate of drug-likeness (QED) is 0.393. The monoisotopic (exact) mass is 537 g/mol. The van der Waals surface area contributed by atoms with E-state index in [0.29, 0.717) is 42.9 Å². The van der Waals surface area contributed by atoms with Crippen LogP contribution in [0.1, 0.15) is 16.7 Å². The molecule has 0 spiro atoms. The Kier molecular flexibility index (Phi) is 7.30. The summed E-state index contributed by atoms with van der Waals surface area (Å²) in [5.41, 5.74) is 2.56. The van der Waals surface area contributed by atoms with Crippen LogP contribution in [0.5, 0.6) is 11.5 Å². The van der Waals surface area contributed by atoms with E-state index < -0.39 is 0 Å². The zero-order valence-electron chi connectivity index (χ0n) is 17.8. The van der Waals surface area contributed by atoms with Crippen LogP contribution in [0.25, 0.3) is 6.08 Å². The topological polar surface area (TPSA) is 83.7 Å². The van der Waals surface area contributed by atoms with E-state index in [2.05, 4.69) is 32.3 Å². The Morgan fingerprint density at radius 1 is 1.21 bits per heavy atom. The van der Waals surface area contributed by atoms with Crippen molar-refractivity contribution in [2.24, 2.45) is 4.99 Å². The van der Waals surface area contributed by atoms with E-state index in [9.17, 15) is 14.4 Å². The largest absolute Gasteiger partial charge is 0.493 e. The molecular formula is C25H17BrFN3O3S. The van der Waals surface area contributed by atoms with Crippen LogP contribution in [0, 0.1) is 17.1 Å². The van der Waals surface area contributed by atoms with Gasteiger partial charge in [-0.05, 0) is 81.8 Å². The maximum Gasteiger partial charge on any atom is 0.264 e. The molecule has 6 nitrogen and oxygen atoms in total.